The number of nitrogens with zero attached hydrogens (tertiary/aromatic N) is 3. The van der Waals surface area contributed by atoms with Gasteiger partial charge in [-0.25, -0.2) is 9.48 Å². The van der Waals surface area contributed by atoms with Crippen molar-refractivity contribution >= 4 is 46.6 Å². The van der Waals surface area contributed by atoms with E-state index in [2.05, 4.69) is 10.6 Å². The van der Waals surface area contributed by atoms with Crippen LogP contribution in [0.3, 0.4) is 0 Å². The molecular weight excluding hydrogens is 497 g/mol. The highest BCUT2D eigenvalue weighted by Gasteiger charge is 2.24. The maximum Gasteiger partial charge on any atom is 0.322 e. The van der Waals surface area contributed by atoms with Gasteiger partial charge >= 0.3 is 6.03 Å². The van der Waals surface area contributed by atoms with Gasteiger partial charge in [-0.15, -0.1) is 0 Å². The van der Waals surface area contributed by atoms with Crippen LogP contribution in [0.5, 0.6) is 0 Å². The molecule has 0 spiro atoms. The molecule has 0 aliphatic rings. The third kappa shape index (κ3) is 6.59. The number of carbonyl (C=O) groups excluding carboxylic acids is 2. The first-order valence-electron chi connectivity index (χ1n) is 11.9. The predicted molar refractivity (Wildman–Crippen MR) is 148 cm³/mol. The van der Waals surface area contributed by atoms with Crippen LogP contribution in [0.4, 0.5) is 16.3 Å². The molecule has 0 aliphatic heterocycles. The summed E-state index contributed by atoms with van der Waals surface area (Å²) < 4.78 is 1.62. The normalized spacial score (nSPS) is 11.5. The summed E-state index contributed by atoms with van der Waals surface area (Å²) >= 11 is 12.3. The van der Waals surface area contributed by atoms with Gasteiger partial charge in [-0.2, -0.15) is 5.10 Å². The van der Waals surface area contributed by atoms with E-state index < -0.39 is 0 Å². The zero-order valence-corrected chi connectivity index (χ0v) is 23.0. The topological polar surface area (TPSA) is 79.3 Å². The quantitative estimate of drug-likeness (QED) is 0.348. The first-order valence-corrected chi connectivity index (χ1v) is 12.7. The molecule has 0 fully saturated rings. The molecule has 1 heterocycles. The third-order valence-corrected chi connectivity index (χ3v) is 6.47. The van der Waals surface area contributed by atoms with E-state index >= 15 is 0 Å². The van der Waals surface area contributed by atoms with Crippen LogP contribution in [0.1, 0.15) is 52.8 Å². The molecule has 3 amide bonds. The second-order valence-corrected chi connectivity index (χ2v) is 10.7. The third-order valence-electron chi connectivity index (χ3n) is 5.73. The number of aromatic nitrogens is 2. The van der Waals surface area contributed by atoms with Gasteiger partial charge in [0.25, 0.3) is 0 Å². The smallest absolute Gasteiger partial charge is 0.313 e. The molecule has 7 nitrogen and oxygen atoms in total. The highest BCUT2D eigenvalue weighted by atomic mass is 35.5. The first-order chi connectivity index (χ1) is 16.9. The Morgan fingerprint density at radius 2 is 1.72 bits per heavy atom. The number of aryl methyl sites for hydroxylation is 1. The summed E-state index contributed by atoms with van der Waals surface area (Å²) in [5.74, 6) is 0.132. The molecule has 9 heteroatoms. The lowest BCUT2D eigenvalue weighted by Crippen LogP contribution is -2.44. The van der Waals surface area contributed by atoms with Crippen molar-refractivity contribution in [2.45, 2.75) is 59.4 Å². The van der Waals surface area contributed by atoms with E-state index in [1.54, 1.807) is 22.9 Å². The summed E-state index contributed by atoms with van der Waals surface area (Å²) in [6, 6.07) is 14.1. The Balaban J connectivity index is 1.84. The molecule has 0 saturated carbocycles. The number of halogens is 2. The van der Waals surface area contributed by atoms with Crippen molar-refractivity contribution in [2.24, 2.45) is 0 Å². The molecule has 0 radical (unpaired) electrons. The summed E-state index contributed by atoms with van der Waals surface area (Å²) in [6.45, 7) is 11.8. The van der Waals surface area contributed by atoms with E-state index in [0.29, 0.717) is 21.6 Å². The van der Waals surface area contributed by atoms with Crippen molar-refractivity contribution in [3.05, 3.63) is 69.8 Å². The van der Waals surface area contributed by atoms with Crippen LogP contribution in [0.25, 0.3) is 5.69 Å². The number of hydrogen-bond donors (Lipinski definition) is 2. The van der Waals surface area contributed by atoms with Crippen LogP contribution in [-0.2, 0) is 16.6 Å². The number of hydrogen-bond acceptors (Lipinski definition) is 3. The summed E-state index contributed by atoms with van der Waals surface area (Å²) in [5, 5.41) is 11.4. The molecule has 3 aromatic rings. The van der Waals surface area contributed by atoms with Gasteiger partial charge in [0.15, 0.2) is 0 Å². The molecule has 0 atom stereocenters. The van der Waals surface area contributed by atoms with Gasteiger partial charge < -0.3 is 15.5 Å². The maximum absolute atomic E-state index is 13.1. The first kappa shape index (κ1) is 27.6. The van der Waals surface area contributed by atoms with Crippen molar-refractivity contribution in [3.63, 3.8) is 0 Å². The van der Waals surface area contributed by atoms with Crippen molar-refractivity contribution < 1.29 is 9.59 Å². The lowest BCUT2D eigenvalue weighted by atomic mass is 9.92. The molecule has 1 aromatic heterocycles. The van der Waals surface area contributed by atoms with E-state index in [1.165, 1.54) is 4.90 Å². The largest absolute Gasteiger partial charge is 0.322 e. The van der Waals surface area contributed by atoms with E-state index in [-0.39, 0.29) is 29.9 Å². The molecule has 0 saturated heterocycles. The summed E-state index contributed by atoms with van der Waals surface area (Å²) in [6.07, 6.45) is 0.785. The van der Waals surface area contributed by atoms with Crippen LogP contribution in [-0.4, -0.2) is 39.2 Å². The Labute approximate surface area is 222 Å². The number of benzene rings is 2. The predicted octanol–water partition coefficient (Wildman–Crippen LogP) is 6.92. The summed E-state index contributed by atoms with van der Waals surface area (Å²) in [4.78, 5) is 27.7. The fourth-order valence-electron chi connectivity index (χ4n) is 3.61. The molecule has 192 valence electrons. The standard InChI is InChI=1S/C27H33Cl2N5O2/c1-7-18-10-8-9-11-22(18)30-26(36)33(17(2)3)16-25(35)31-24-15-23(27(4,5)6)32-34(24)19-12-13-20(28)21(29)14-19/h8-15,17H,7,16H2,1-6H3,(H,30,36)(H,31,35). The number of nitrogens with one attached hydrogen (secondary N) is 2. The second-order valence-electron chi connectivity index (χ2n) is 9.89. The number of anilines is 2. The van der Waals surface area contributed by atoms with Crippen LogP contribution in [0.15, 0.2) is 48.5 Å². The van der Waals surface area contributed by atoms with Crippen LogP contribution < -0.4 is 10.6 Å². The Kier molecular flexibility index (Phi) is 8.69. The van der Waals surface area contributed by atoms with E-state index in [9.17, 15) is 9.59 Å². The molecule has 2 aromatic carbocycles. The van der Waals surface area contributed by atoms with E-state index in [0.717, 1.165) is 23.4 Å². The molecule has 3 rings (SSSR count). The van der Waals surface area contributed by atoms with E-state index in [4.69, 9.17) is 28.3 Å². The molecule has 0 unspecified atom stereocenters. The van der Waals surface area contributed by atoms with Crippen molar-refractivity contribution in [3.8, 4) is 5.69 Å². The average molecular weight is 531 g/mol. The van der Waals surface area contributed by atoms with Gasteiger partial charge in [-0.3, -0.25) is 4.79 Å². The van der Waals surface area contributed by atoms with Gasteiger partial charge in [0.05, 0.1) is 21.4 Å². The van der Waals surface area contributed by atoms with Crippen molar-refractivity contribution in [1.82, 2.24) is 14.7 Å². The lowest BCUT2D eigenvalue weighted by Gasteiger charge is -2.27. The minimum atomic E-state index is -0.343. The number of urea groups is 1. The number of carbonyl (C=O) groups is 2. The van der Waals surface area contributed by atoms with Crippen molar-refractivity contribution in [1.29, 1.82) is 0 Å². The van der Waals surface area contributed by atoms with Gasteiger partial charge in [0, 0.05) is 23.2 Å². The fraction of sp³-hybridized carbons (Fsp3) is 0.370. The zero-order chi connectivity index (χ0) is 26.6. The highest BCUT2D eigenvalue weighted by Crippen LogP contribution is 2.29. The van der Waals surface area contributed by atoms with Crippen LogP contribution in [0, 0.1) is 0 Å². The Bertz CT molecular complexity index is 1250. The fourth-order valence-corrected chi connectivity index (χ4v) is 3.91. The van der Waals surface area contributed by atoms with Gasteiger partial charge in [-0.05, 0) is 50.1 Å². The highest BCUT2D eigenvalue weighted by molar-refractivity contribution is 6.42. The summed E-state index contributed by atoms with van der Waals surface area (Å²) in [5.41, 5.74) is 2.96. The second kappa shape index (κ2) is 11.4. The monoisotopic (exact) mass is 529 g/mol. The lowest BCUT2D eigenvalue weighted by molar-refractivity contribution is -0.117. The Morgan fingerprint density at radius 1 is 1.03 bits per heavy atom. The molecular formula is C27H33Cl2N5O2. The number of rotatable bonds is 7. The number of amides is 3. The minimum absolute atomic E-state index is 0.130. The van der Waals surface area contributed by atoms with Crippen molar-refractivity contribution in [2.75, 3.05) is 17.2 Å². The average Bonchev–Trinajstić information content (AvgIpc) is 3.23. The van der Waals surface area contributed by atoms with E-state index in [1.807, 2.05) is 71.9 Å². The van der Waals surface area contributed by atoms with Gasteiger partial charge in [-0.1, -0.05) is 69.1 Å². The number of para-hydroxylation sites is 1. The zero-order valence-electron chi connectivity index (χ0n) is 21.5. The van der Waals surface area contributed by atoms with Gasteiger partial charge in [0.2, 0.25) is 5.91 Å². The van der Waals surface area contributed by atoms with Crippen LogP contribution in [0.2, 0.25) is 10.0 Å². The summed E-state index contributed by atoms with van der Waals surface area (Å²) in [7, 11) is 0. The Morgan fingerprint density at radius 3 is 2.33 bits per heavy atom. The molecule has 0 aliphatic carbocycles. The van der Waals surface area contributed by atoms with Crippen LogP contribution >= 0.6 is 23.2 Å². The molecule has 36 heavy (non-hydrogen) atoms. The SMILES string of the molecule is CCc1ccccc1NC(=O)N(CC(=O)Nc1cc(C(C)(C)C)nn1-c1ccc(Cl)c(Cl)c1)C(C)C. The minimum Gasteiger partial charge on any atom is -0.313 e. The molecule has 2 N–H and O–H groups in total. The maximum atomic E-state index is 13.1. The molecule has 0 bridgehead atoms. The van der Waals surface area contributed by atoms with Gasteiger partial charge in [0.1, 0.15) is 12.4 Å². The Hall–Kier alpha value is -3.03.